The smallest absolute Gasteiger partial charge is 1.00 e. The van der Waals surface area contributed by atoms with E-state index in [1.165, 1.54) is 0 Å². The Balaban J connectivity index is 0. The van der Waals surface area contributed by atoms with E-state index in [0.717, 1.165) is 11.5 Å². The Morgan fingerprint density at radius 2 is 2.08 bits per heavy atom. The minimum atomic E-state index is 0. The van der Waals surface area contributed by atoms with Gasteiger partial charge < -0.3 is 26.5 Å². The van der Waals surface area contributed by atoms with Crippen LogP contribution in [0.1, 0.15) is 6.92 Å². The van der Waals surface area contributed by atoms with Crippen molar-refractivity contribution >= 4 is 23.1 Å². The van der Waals surface area contributed by atoms with Gasteiger partial charge in [-0.15, -0.1) is 12.1 Å². The topological polar surface area (TPSA) is 18.5 Å². The van der Waals surface area contributed by atoms with Gasteiger partial charge in [0.25, 0.3) is 0 Å². The molecule has 1 aromatic carbocycles. The first-order chi connectivity index (χ1) is 5.38. The monoisotopic (exact) mass is 254 g/mol. The van der Waals surface area contributed by atoms with Gasteiger partial charge in [-0.05, 0) is 6.92 Å². The number of hydrogen-bond donors (Lipinski definition) is 0. The van der Waals surface area contributed by atoms with Gasteiger partial charge in [0.1, 0.15) is 0 Å². The molecule has 0 unspecified atom stereocenters. The molecule has 0 saturated carbocycles. The summed E-state index contributed by atoms with van der Waals surface area (Å²) >= 11 is 0. The minimum Gasteiger partial charge on any atom is -1.00 e. The molecule has 68 valence electrons. The van der Waals surface area contributed by atoms with Crippen LogP contribution in [-0.4, -0.2) is 36.8 Å². The fourth-order valence-corrected chi connectivity index (χ4v) is 0.835. The first-order valence-electron chi connectivity index (χ1n) is 3.55. The Morgan fingerprint density at radius 1 is 1.38 bits per heavy atom. The maximum atomic E-state index is 5.28. The predicted octanol–water partition coefficient (Wildman–Crippen LogP) is -1.48. The molecule has 0 amide bonds. The van der Waals surface area contributed by atoms with Crippen LogP contribution in [0.4, 0.5) is 0 Å². The van der Waals surface area contributed by atoms with Gasteiger partial charge in [-0.1, -0.05) is 0 Å². The molecule has 0 aliphatic carbocycles. The largest absolute Gasteiger partial charge is 2.00 e. The SMILES string of the molecule is CCOc1cc[c-]cc1OC.[Br-].[Mg+2]. The van der Waals surface area contributed by atoms with Gasteiger partial charge in [0, 0.05) is 5.75 Å². The summed E-state index contributed by atoms with van der Waals surface area (Å²) < 4.78 is 10.3. The van der Waals surface area contributed by atoms with Gasteiger partial charge in [0.2, 0.25) is 0 Å². The van der Waals surface area contributed by atoms with E-state index < -0.39 is 0 Å². The quantitative estimate of drug-likeness (QED) is 0.484. The average molecular weight is 255 g/mol. The first kappa shape index (κ1) is 15.5. The third-order valence-corrected chi connectivity index (χ3v) is 1.31. The summed E-state index contributed by atoms with van der Waals surface area (Å²) in [6.45, 7) is 2.59. The van der Waals surface area contributed by atoms with Crippen LogP contribution in [0.2, 0.25) is 0 Å². The summed E-state index contributed by atoms with van der Waals surface area (Å²) in [4.78, 5) is 0. The van der Waals surface area contributed by atoms with Gasteiger partial charge in [0.15, 0.2) is 0 Å². The summed E-state index contributed by atoms with van der Waals surface area (Å²) in [6, 6.07) is 8.30. The van der Waals surface area contributed by atoms with Crippen molar-refractivity contribution in [2.75, 3.05) is 13.7 Å². The minimum absolute atomic E-state index is 0. The van der Waals surface area contributed by atoms with Gasteiger partial charge in [-0.25, -0.2) is 0 Å². The zero-order chi connectivity index (χ0) is 8.10. The molecule has 0 bridgehead atoms. The van der Waals surface area contributed by atoms with Crippen LogP contribution in [0.25, 0.3) is 0 Å². The summed E-state index contributed by atoms with van der Waals surface area (Å²) in [5, 5.41) is 0. The molecule has 0 spiro atoms. The molecular weight excluding hydrogens is 244 g/mol. The molecule has 4 heteroatoms. The van der Waals surface area contributed by atoms with Crippen molar-refractivity contribution in [1.82, 2.24) is 0 Å². The zero-order valence-corrected chi connectivity index (χ0v) is 10.8. The standard InChI is InChI=1S/C9H11O2.BrH.Mg/c1-3-11-9-7-5-4-6-8(9)10-2;;/h5-7H,3H2,1-2H3;1H;/q-1;;+2/p-1. The van der Waals surface area contributed by atoms with E-state index in [-0.39, 0.29) is 40.0 Å². The van der Waals surface area contributed by atoms with Gasteiger partial charge in [0.05, 0.1) is 19.5 Å². The summed E-state index contributed by atoms with van der Waals surface area (Å²) in [6.07, 6.45) is 0. The van der Waals surface area contributed by atoms with E-state index in [0.29, 0.717) is 6.61 Å². The number of rotatable bonds is 3. The maximum Gasteiger partial charge on any atom is 2.00 e. The number of halogens is 1. The second kappa shape index (κ2) is 8.66. The van der Waals surface area contributed by atoms with Crippen LogP contribution in [0.15, 0.2) is 18.2 Å². The molecule has 0 aliphatic heterocycles. The number of methoxy groups -OCH3 is 1. The molecule has 0 atom stereocenters. The first-order valence-corrected chi connectivity index (χ1v) is 3.55. The van der Waals surface area contributed by atoms with Crippen molar-refractivity contribution in [2.24, 2.45) is 0 Å². The van der Waals surface area contributed by atoms with Gasteiger partial charge >= 0.3 is 23.1 Å². The van der Waals surface area contributed by atoms with Gasteiger partial charge in [-0.3, -0.25) is 0 Å². The second-order valence-electron chi connectivity index (χ2n) is 2.01. The van der Waals surface area contributed by atoms with Crippen LogP contribution < -0.4 is 26.5 Å². The molecule has 0 aromatic heterocycles. The Kier molecular flexibility index (Phi) is 10.3. The zero-order valence-electron chi connectivity index (χ0n) is 7.84. The van der Waals surface area contributed by atoms with E-state index in [2.05, 4.69) is 6.07 Å². The van der Waals surface area contributed by atoms with Crippen molar-refractivity contribution < 1.29 is 26.5 Å². The number of benzene rings is 1. The summed E-state index contributed by atoms with van der Waals surface area (Å²) in [7, 11) is 1.62. The molecule has 0 fully saturated rings. The van der Waals surface area contributed by atoms with E-state index in [1.54, 1.807) is 19.2 Å². The molecule has 2 nitrogen and oxygen atoms in total. The van der Waals surface area contributed by atoms with E-state index in [1.807, 2.05) is 13.0 Å². The van der Waals surface area contributed by atoms with Crippen molar-refractivity contribution in [3.05, 3.63) is 24.3 Å². The van der Waals surface area contributed by atoms with E-state index in [9.17, 15) is 0 Å². The van der Waals surface area contributed by atoms with Crippen LogP contribution in [-0.2, 0) is 0 Å². The molecular formula is C9H11BrMgO2. The molecule has 1 aromatic rings. The Bertz CT molecular complexity index is 231. The summed E-state index contributed by atoms with van der Waals surface area (Å²) in [5.74, 6) is 1.50. The van der Waals surface area contributed by atoms with E-state index in [4.69, 9.17) is 9.47 Å². The fraction of sp³-hybridized carbons (Fsp3) is 0.333. The maximum absolute atomic E-state index is 5.28. The Labute approximate surface area is 106 Å². The van der Waals surface area contributed by atoms with Crippen LogP contribution in [0.3, 0.4) is 0 Å². The van der Waals surface area contributed by atoms with Gasteiger partial charge in [-0.2, -0.15) is 12.1 Å². The van der Waals surface area contributed by atoms with Crippen molar-refractivity contribution in [2.45, 2.75) is 6.92 Å². The fourth-order valence-electron chi connectivity index (χ4n) is 0.835. The third-order valence-electron chi connectivity index (χ3n) is 1.31. The van der Waals surface area contributed by atoms with Crippen LogP contribution >= 0.6 is 0 Å². The third kappa shape index (κ3) is 4.74. The molecule has 1 rings (SSSR count). The molecule has 0 radical (unpaired) electrons. The van der Waals surface area contributed by atoms with Crippen molar-refractivity contribution in [1.29, 1.82) is 0 Å². The predicted molar refractivity (Wildman–Crippen MR) is 48.8 cm³/mol. The average Bonchev–Trinajstić information content (AvgIpc) is 2.06. The molecule has 0 N–H and O–H groups in total. The Hall–Kier alpha value is 0.0662. The second-order valence-corrected chi connectivity index (χ2v) is 2.01. The normalized spacial score (nSPS) is 7.85. The van der Waals surface area contributed by atoms with Crippen LogP contribution in [0.5, 0.6) is 11.5 Å². The Morgan fingerprint density at radius 3 is 2.62 bits per heavy atom. The molecule has 0 heterocycles. The number of ether oxygens (including phenoxy) is 2. The number of hydrogen-bond acceptors (Lipinski definition) is 2. The molecule has 13 heavy (non-hydrogen) atoms. The molecule has 0 saturated heterocycles. The summed E-state index contributed by atoms with van der Waals surface area (Å²) in [5.41, 5.74) is 0. The van der Waals surface area contributed by atoms with Crippen molar-refractivity contribution in [3.63, 3.8) is 0 Å². The molecule has 0 aliphatic rings. The van der Waals surface area contributed by atoms with E-state index >= 15 is 0 Å². The van der Waals surface area contributed by atoms with Crippen molar-refractivity contribution in [3.8, 4) is 11.5 Å². The van der Waals surface area contributed by atoms with Crippen LogP contribution in [0, 0.1) is 6.07 Å².